The monoisotopic (exact) mass is 505 g/mol. The number of nitrogens with one attached hydrogen (secondary N) is 3. The molecule has 1 atom stereocenters. The lowest BCUT2D eigenvalue weighted by Gasteiger charge is -2.20. The zero-order valence-electron chi connectivity index (χ0n) is 21.2. The number of nitrogens with zero attached hydrogens (tertiary/aromatic N) is 2. The molecule has 4 heterocycles. The standard InChI is InChI=1S/C30H27N5O3/c1-16(2)27-20-12-24(36)33-22-6-3-7-23(26(20)22)35(27)15-25(37)32-19-9-8-17-13-30(14-18(17)11-19)21-5-4-10-31-28(21)34-29(30)38/h3-11,16H,12-15H2,1-2H3,(H,32,37)(H,33,36)(H,31,34,38). The fraction of sp³-hybridized carbons (Fsp3) is 0.267. The molecule has 1 aliphatic carbocycles. The summed E-state index contributed by atoms with van der Waals surface area (Å²) >= 11 is 0. The van der Waals surface area contributed by atoms with Crippen molar-refractivity contribution in [1.82, 2.24) is 9.55 Å². The van der Waals surface area contributed by atoms with Gasteiger partial charge in [-0.25, -0.2) is 4.98 Å². The molecule has 2 aromatic heterocycles. The summed E-state index contributed by atoms with van der Waals surface area (Å²) in [5.41, 5.74) is 6.96. The molecular weight excluding hydrogens is 478 g/mol. The Morgan fingerprint density at radius 1 is 1.08 bits per heavy atom. The molecule has 0 fully saturated rings. The maximum atomic E-state index is 13.3. The predicted molar refractivity (Wildman–Crippen MR) is 145 cm³/mol. The molecule has 2 aliphatic heterocycles. The number of hydrogen-bond donors (Lipinski definition) is 3. The summed E-state index contributed by atoms with van der Waals surface area (Å²) < 4.78 is 2.05. The minimum absolute atomic E-state index is 0.0193. The van der Waals surface area contributed by atoms with Crippen molar-refractivity contribution in [3.05, 3.63) is 82.7 Å². The number of pyridine rings is 1. The van der Waals surface area contributed by atoms with Crippen molar-refractivity contribution in [3.63, 3.8) is 0 Å². The van der Waals surface area contributed by atoms with Crippen LogP contribution in [0.15, 0.2) is 54.7 Å². The highest BCUT2D eigenvalue weighted by atomic mass is 16.2. The number of amides is 3. The van der Waals surface area contributed by atoms with Crippen LogP contribution in [0.5, 0.6) is 0 Å². The molecule has 8 heteroatoms. The highest BCUT2D eigenvalue weighted by Crippen LogP contribution is 2.47. The van der Waals surface area contributed by atoms with Crippen molar-refractivity contribution in [2.24, 2.45) is 0 Å². The van der Waals surface area contributed by atoms with Crippen LogP contribution in [0, 0.1) is 0 Å². The van der Waals surface area contributed by atoms with Gasteiger partial charge in [-0.1, -0.05) is 32.0 Å². The molecule has 0 saturated heterocycles. The SMILES string of the molecule is CC(C)c1c2c3c(cccc3n1CC(=O)Nc1ccc3c(c1)CC1(C3)C(=O)Nc3ncccc31)NC(=O)C2. The Labute approximate surface area is 219 Å². The Morgan fingerprint density at radius 3 is 2.76 bits per heavy atom. The van der Waals surface area contributed by atoms with Gasteiger partial charge in [-0.3, -0.25) is 14.4 Å². The van der Waals surface area contributed by atoms with E-state index in [4.69, 9.17) is 0 Å². The van der Waals surface area contributed by atoms with E-state index in [0.717, 1.165) is 44.5 Å². The lowest BCUT2D eigenvalue weighted by Crippen LogP contribution is -2.35. The first-order chi connectivity index (χ1) is 18.3. The molecule has 0 bridgehead atoms. The molecular formula is C30H27N5O3. The molecule has 2 aromatic carbocycles. The van der Waals surface area contributed by atoms with E-state index in [-0.39, 0.29) is 30.2 Å². The Bertz CT molecular complexity index is 1700. The van der Waals surface area contributed by atoms with Crippen molar-refractivity contribution in [2.45, 2.75) is 51.0 Å². The van der Waals surface area contributed by atoms with Gasteiger partial charge in [0.1, 0.15) is 12.4 Å². The molecule has 3 amide bonds. The molecule has 1 spiro atoms. The number of carbonyl (C=O) groups excluding carboxylic acids is 3. The summed E-state index contributed by atoms with van der Waals surface area (Å²) in [5, 5.41) is 10.00. The van der Waals surface area contributed by atoms with Crippen molar-refractivity contribution in [3.8, 4) is 0 Å². The van der Waals surface area contributed by atoms with Crippen LogP contribution in [0.2, 0.25) is 0 Å². The van der Waals surface area contributed by atoms with Crippen LogP contribution < -0.4 is 16.0 Å². The number of anilines is 3. The number of hydrogen-bond acceptors (Lipinski definition) is 4. The maximum absolute atomic E-state index is 13.3. The minimum Gasteiger partial charge on any atom is -0.335 e. The second kappa shape index (κ2) is 8.02. The Balaban J connectivity index is 1.17. The van der Waals surface area contributed by atoms with Gasteiger partial charge in [0, 0.05) is 28.5 Å². The van der Waals surface area contributed by atoms with Gasteiger partial charge in [-0.15, -0.1) is 0 Å². The summed E-state index contributed by atoms with van der Waals surface area (Å²) in [7, 11) is 0. The fourth-order valence-corrected chi connectivity index (χ4v) is 6.66. The molecule has 1 unspecified atom stereocenters. The Morgan fingerprint density at radius 2 is 1.92 bits per heavy atom. The van der Waals surface area contributed by atoms with Crippen LogP contribution in [-0.2, 0) is 45.6 Å². The predicted octanol–water partition coefficient (Wildman–Crippen LogP) is 4.28. The van der Waals surface area contributed by atoms with Crippen LogP contribution in [-0.4, -0.2) is 27.3 Å². The van der Waals surface area contributed by atoms with Gasteiger partial charge in [0.2, 0.25) is 17.7 Å². The average Bonchev–Trinajstić information content (AvgIpc) is 3.50. The molecule has 0 radical (unpaired) electrons. The first kappa shape index (κ1) is 22.7. The molecule has 190 valence electrons. The largest absolute Gasteiger partial charge is 0.335 e. The highest BCUT2D eigenvalue weighted by molar-refractivity contribution is 6.10. The molecule has 3 aliphatic rings. The van der Waals surface area contributed by atoms with Gasteiger partial charge < -0.3 is 20.5 Å². The third-order valence-electron chi connectivity index (χ3n) is 8.16. The van der Waals surface area contributed by atoms with Gasteiger partial charge in [0.05, 0.1) is 23.0 Å². The molecule has 38 heavy (non-hydrogen) atoms. The van der Waals surface area contributed by atoms with E-state index in [1.165, 1.54) is 0 Å². The smallest absolute Gasteiger partial charge is 0.244 e. The van der Waals surface area contributed by atoms with Crippen LogP contribution in [0.25, 0.3) is 10.9 Å². The average molecular weight is 506 g/mol. The molecule has 8 nitrogen and oxygen atoms in total. The van der Waals surface area contributed by atoms with Crippen LogP contribution >= 0.6 is 0 Å². The minimum atomic E-state index is -0.642. The van der Waals surface area contributed by atoms with E-state index in [1.54, 1.807) is 6.20 Å². The Hall–Kier alpha value is -4.46. The summed E-state index contributed by atoms with van der Waals surface area (Å²) in [4.78, 5) is 43.0. The topological polar surface area (TPSA) is 105 Å². The van der Waals surface area contributed by atoms with E-state index >= 15 is 0 Å². The quantitative estimate of drug-likeness (QED) is 0.385. The number of fused-ring (bicyclic) bond motifs is 3. The molecule has 7 rings (SSSR count). The first-order valence-electron chi connectivity index (χ1n) is 13.0. The van der Waals surface area contributed by atoms with Crippen molar-refractivity contribution in [1.29, 1.82) is 0 Å². The van der Waals surface area contributed by atoms with E-state index in [9.17, 15) is 14.4 Å². The lowest BCUT2D eigenvalue weighted by molar-refractivity contribution is -0.120. The second-order valence-electron chi connectivity index (χ2n) is 10.9. The summed E-state index contributed by atoms with van der Waals surface area (Å²) in [6.07, 6.45) is 3.19. The molecule has 0 saturated carbocycles. The third-order valence-corrected chi connectivity index (χ3v) is 8.16. The zero-order chi connectivity index (χ0) is 26.2. The van der Waals surface area contributed by atoms with Gasteiger partial charge in [0.25, 0.3) is 0 Å². The summed E-state index contributed by atoms with van der Waals surface area (Å²) in [5.74, 6) is 0.603. The number of rotatable bonds is 4. The summed E-state index contributed by atoms with van der Waals surface area (Å²) in [6, 6.07) is 15.6. The van der Waals surface area contributed by atoms with Crippen molar-refractivity contribution < 1.29 is 14.4 Å². The maximum Gasteiger partial charge on any atom is 0.244 e. The van der Waals surface area contributed by atoms with Gasteiger partial charge in [0.15, 0.2) is 0 Å². The molecule has 4 aromatic rings. The van der Waals surface area contributed by atoms with E-state index in [1.807, 2.05) is 53.1 Å². The van der Waals surface area contributed by atoms with Gasteiger partial charge >= 0.3 is 0 Å². The molecule has 3 N–H and O–H groups in total. The highest BCUT2D eigenvalue weighted by Gasteiger charge is 2.51. The number of aromatic nitrogens is 2. The number of carbonyl (C=O) groups is 3. The second-order valence-corrected chi connectivity index (χ2v) is 10.9. The fourth-order valence-electron chi connectivity index (χ4n) is 6.66. The van der Waals surface area contributed by atoms with Crippen LogP contribution in [0.4, 0.5) is 17.2 Å². The zero-order valence-corrected chi connectivity index (χ0v) is 21.2. The first-order valence-corrected chi connectivity index (χ1v) is 13.0. The normalized spacial score (nSPS) is 19.0. The third kappa shape index (κ3) is 3.22. The van der Waals surface area contributed by atoms with Crippen molar-refractivity contribution >= 4 is 45.8 Å². The summed E-state index contributed by atoms with van der Waals surface area (Å²) in [6.45, 7) is 4.33. The van der Waals surface area contributed by atoms with Crippen molar-refractivity contribution in [2.75, 3.05) is 16.0 Å². The van der Waals surface area contributed by atoms with Crippen LogP contribution in [0.3, 0.4) is 0 Å². The van der Waals surface area contributed by atoms with E-state index in [0.29, 0.717) is 30.8 Å². The number of benzene rings is 2. The van der Waals surface area contributed by atoms with Crippen LogP contribution in [0.1, 0.15) is 47.7 Å². The Kier molecular flexibility index (Phi) is 4.79. The van der Waals surface area contributed by atoms with E-state index < -0.39 is 5.41 Å². The lowest BCUT2D eigenvalue weighted by atomic mass is 9.79. The van der Waals surface area contributed by atoms with E-state index in [2.05, 4.69) is 34.8 Å². The van der Waals surface area contributed by atoms with Gasteiger partial charge in [-0.2, -0.15) is 0 Å². The van der Waals surface area contributed by atoms with Gasteiger partial charge in [-0.05, 0) is 65.8 Å².